The lowest BCUT2D eigenvalue weighted by atomic mass is 10.1. The molecule has 2 rings (SSSR count). The molecule has 0 aromatic heterocycles. The second-order valence-corrected chi connectivity index (χ2v) is 10.5. The minimum Gasteiger partial charge on any atom is -0.490 e. The Kier molecular flexibility index (Phi) is 8.41. The van der Waals surface area contributed by atoms with E-state index in [4.69, 9.17) is 30.1 Å². The van der Waals surface area contributed by atoms with Crippen LogP contribution in [0.2, 0.25) is 0 Å². The van der Waals surface area contributed by atoms with E-state index < -0.39 is 13.2 Å². The Balaban J connectivity index is 2.05. The number of alkyl halides is 1. The average Bonchev–Trinajstić information content (AvgIpc) is 2.68. The molecule has 9 heteroatoms. The summed E-state index contributed by atoms with van der Waals surface area (Å²) >= 11 is 5.95. The number of hydrogen-bond acceptors (Lipinski definition) is 6. The molecule has 1 aromatic carbocycles. The van der Waals surface area contributed by atoms with Crippen LogP contribution in [0.1, 0.15) is 44.7 Å². The van der Waals surface area contributed by atoms with Crippen molar-refractivity contribution in [2.75, 3.05) is 27.3 Å². The lowest BCUT2D eigenvalue weighted by molar-refractivity contribution is 0.0126. The first-order valence-electron chi connectivity index (χ1n) is 9.62. The Morgan fingerprint density at radius 2 is 1.83 bits per heavy atom. The van der Waals surface area contributed by atoms with E-state index in [-0.39, 0.29) is 18.4 Å². The number of piperidine rings is 1. The van der Waals surface area contributed by atoms with Crippen LogP contribution >= 0.6 is 19.2 Å². The molecule has 29 heavy (non-hydrogen) atoms. The predicted molar refractivity (Wildman–Crippen MR) is 113 cm³/mol. The summed E-state index contributed by atoms with van der Waals surface area (Å²) in [5.74, 6) is 0.968. The van der Waals surface area contributed by atoms with Crippen molar-refractivity contribution < 1.29 is 27.9 Å². The highest BCUT2D eigenvalue weighted by molar-refractivity contribution is 7.52. The Hall–Kier alpha value is -1.27. The fourth-order valence-electron chi connectivity index (χ4n) is 3.03. The summed E-state index contributed by atoms with van der Waals surface area (Å²) in [5.41, 5.74) is 1.11. The van der Waals surface area contributed by atoms with E-state index in [2.05, 4.69) is 0 Å². The van der Waals surface area contributed by atoms with E-state index >= 15 is 0 Å². The van der Waals surface area contributed by atoms with Gasteiger partial charge in [0.1, 0.15) is 17.5 Å². The molecule has 0 atom stereocenters. The van der Waals surface area contributed by atoms with Gasteiger partial charge in [-0.05, 0) is 32.4 Å². The molecule has 0 unspecified atom stereocenters. The van der Waals surface area contributed by atoms with Gasteiger partial charge in [-0.25, -0.2) is 4.79 Å². The van der Waals surface area contributed by atoms with Gasteiger partial charge in [-0.3, -0.25) is 4.57 Å². The van der Waals surface area contributed by atoms with Gasteiger partial charge in [0.2, 0.25) is 0 Å². The Labute approximate surface area is 178 Å². The van der Waals surface area contributed by atoms with Gasteiger partial charge >= 0.3 is 13.7 Å². The second-order valence-electron chi connectivity index (χ2n) is 7.99. The molecule has 0 bridgehead atoms. The van der Waals surface area contributed by atoms with Crippen LogP contribution in [0.4, 0.5) is 4.79 Å². The van der Waals surface area contributed by atoms with Crippen LogP contribution in [0.25, 0.3) is 0 Å². The number of carbonyl (C=O) groups excluding carboxylic acids is 1. The first kappa shape index (κ1) is 24.0. The van der Waals surface area contributed by atoms with E-state index in [9.17, 15) is 9.36 Å². The summed E-state index contributed by atoms with van der Waals surface area (Å²) in [4.78, 5) is 13.9. The zero-order valence-corrected chi connectivity index (χ0v) is 19.4. The molecule has 164 valence electrons. The lowest BCUT2D eigenvalue weighted by Crippen LogP contribution is -2.44. The summed E-state index contributed by atoms with van der Waals surface area (Å²) in [6, 6.07) is 5.58. The molecule has 0 saturated carbocycles. The number of hydrogen-bond donors (Lipinski definition) is 0. The van der Waals surface area contributed by atoms with Crippen molar-refractivity contribution >= 4 is 25.3 Å². The zero-order chi connectivity index (χ0) is 21.7. The lowest BCUT2D eigenvalue weighted by Gasteiger charge is -2.34. The molecule has 0 aliphatic carbocycles. The minimum atomic E-state index is -3.25. The van der Waals surface area contributed by atoms with Crippen molar-refractivity contribution in [2.24, 2.45) is 0 Å². The van der Waals surface area contributed by atoms with E-state index in [1.54, 1.807) is 4.90 Å². The SMILES string of the molecule is COP(=O)(Cc1cc(CCl)ccc1OC1CCN(C(=O)OC(C)(C)C)CC1)OC. The molecule has 1 saturated heterocycles. The summed E-state index contributed by atoms with van der Waals surface area (Å²) in [7, 11) is -0.522. The number of carbonyl (C=O) groups is 1. The summed E-state index contributed by atoms with van der Waals surface area (Å²) in [5, 5.41) is 0. The quantitative estimate of drug-likeness (QED) is 0.423. The molecule has 0 N–H and O–H groups in total. The van der Waals surface area contributed by atoms with Gasteiger partial charge in [0.05, 0.1) is 6.16 Å². The summed E-state index contributed by atoms with van der Waals surface area (Å²) < 4.78 is 34.4. The smallest absolute Gasteiger partial charge is 0.410 e. The predicted octanol–water partition coefficient (Wildman–Crippen LogP) is 5.19. The molecule has 1 fully saturated rings. The molecule has 7 nitrogen and oxygen atoms in total. The standard InChI is InChI=1S/C20H31ClNO6P/c1-20(2,3)28-19(23)22-10-8-17(9-11-22)27-18-7-6-15(13-21)12-16(18)14-29(24,25-4)26-5/h6-7,12,17H,8-11,13-14H2,1-5H3. The van der Waals surface area contributed by atoms with Gasteiger partial charge in [0.15, 0.2) is 0 Å². The molecular formula is C20H31ClNO6P. The molecular weight excluding hydrogens is 417 g/mol. The Morgan fingerprint density at radius 3 is 2.34 bits per heavy atom. The Bertz CT molecular complexity index is 735. The fourth-order valence-corrected chi connectivity index (χ4v) is 4.27. The first-order valence-corrected chi connectivity index (χ1v) is 11.9. The second kappa shape index (κ2) is 10.2. The topological polar surface area (TPSA) is 74.3 Å². The van der Waals surface area contributed by atoms with Crippen molar-refractivity contribution in [1.29, 1.82) is 0 Å². The molecule has 1 amide bonds. The van der Waals surface area contributed by atoms with E-state index in [1.807, 2.05) is 39.0 Å². The third kappa shape index (κ3) is 7.18. The number of ether oxygens (including phenoxy) is 2. The highest BCUT2D eigenvalue weighted by Crippen LogP contribution is 2.51. The van der Waals surface area contributed by atoms with Gasteiger partial charge in [-0.15, -0.1) is 11.6 Å². The van der Waals surface area contributed by atoms with Crippen LogP contribution in [-0.4, -0.2) is 50.0 Å². The van der Waals surface area contributed by atoms with Crippen LogP contribution in [0.3, 0.4) is 0 Å². The van der Waals surface area contributed by atoms with Crippen molar-refractivity contribution in [3.8, 4) is 5.75 Å². The molecule has 0 radical (unpaired) electrons. The third-order valence-electron chi connectivity index (χ3n) is 4.59. The highest BCUT2D eigenvalue weighted by atomic mass is 35.5. The zero-order valence-electron chi connectivity index (χ0n) is 17.8. The summed E-state index contributed by atoms with van der Waals surface area (Å²) in [6.07, 6.45) is 1.10. The largest absolute Gasteiger partial charge is 0.490 e. The molecule has 1 aromatic rings. The van der Waals surface area contributed by atoms with Gasteiger partial charge in [-0.1, -0.05) is 12.1 Å². The van der Waals surface area contributed by atoms with Crippen LogP contribution in [0.5, 0.6) is 5.75 Å². The van der Waals surface area contributed by atoms with Crippen LogP contribution in [0.15, 0.2) is 18.2 Å². The fraction of sp³-hybridized carbons (Fsp3) is 0.650. The van der Waals surface area contributed by atoms with Gasteiger partial charge in [0, 0.05) is 51.6 Å². The number of halogens is 1. The minimum absolute atomic E-state index is 0.0567. The summed E-state index contributed by atoms with van der Waals surface area (Å²) in [6.45, 7) is 6.68. The third-order valence-corrected chi connectivity index (χ3v) is 6.74. The Morgan fingerprint density at radius 1 is 1.21 bits per heavy atom. The molecule has 0 spiro atoms. The maximum Gasteiger partial charge on any atom is 0.410 e. The van der Waals surface area contributed by atoms with Gasteiger partial charge in [-0.2, -0.15) is 0 Å². The maximum absolute atomic E-state index is 12.6. The van der Waals surface area contributed by atoms with Gasteiger partial charge < -0.3 is 23.4 Å². The number of nitrogens with zero attached hydrogens (tertiary/aromatic N) is 1. The van der Waals surface area contributed by atoms with Crippen LogP contribution in [0, 0.1) is 0 Å². The number of likely N-dealkylation sites (tertiary alicyclic amines) is 1. The monoisotopic (exact) mass is 447 g/mol. The van der Waals surface area contributed by atoms with Crippen molar-refractivity contribution in [3.05, 3.63) is 29.3 Å². The van der Waals surface area contributed by atoms with E-state index in [1.165, 1.54) is 14.2 Å². The van der Waals surface area contributed by atoms with Crippen molar-refractivity contribution in [3.63, 3.8) is 0 Å². The van der Waals surface area contributed by atoms with Gasteiger partial charge in [0.25, 0.3) is 0 Å². The number of rotatable bonds is 7. The van der Waals surface area contributed by atoms with E-state index in [0.29, 0.717) is 37.6 Å². The number of amides is 1. The highest BCUT2D eigenvalue weighted by Gasteiger charge is 2.29. The number of benzene rings is 1. The molecule has 1 aliphatic heterocycles. The average molecular weight is 448 g/mol. The van der Waals surface area contributed by atoms with Crippen LogP contribution < -0.4 is 4.74 Å². The molecule has 1 heterocycles. The normalized spacial score (nSPS) is 16.0. The van der Waals surface area contributed by atoms with E-state index in [0.717, 1.165) is 11.1 Å². The van der Waals surface area contributed by atoms with Crippen molar-refractivity contribution in [1.82, 2.24) is 4.90 Å². The maximum atomic E-state index is 12.6. The first-order chi connectivity index (χ1) is 13.6. The van der Waals surface area contributed by atoms with Crippen molar-refractivity contribution in [2.45, 2.75) is 57.4 Å². The van der Waals surface area contributed by atoms with Crippen LogP contribution in [-0.2, 0) is 30.4 Å². The molecule has 1 aliphatic rings.